The number of carbonyl (C=O) groups excluding carboxylic acids is 1. The predicted octanol–water partition coefficient (Wildman–Crippen LogP) is 3.72. The van der Waals surface area contributed by atoms with Crippen LogP contribution in [0.2, 0.25) is 0 Å². The van der Waals surface area contributed by atoms with Crippen LogP contribution in [0.25, 0.3) is 11.3 Å². The van der Waals surface area contributed by atoms with E-state index in [-0.39, 0.29) is 36.6 Å². The second-order valence-corrected chi connectivity index (χ2v) is 11.4. The molecule has 0 radical (unpaired) electrons. The zero-order valence-corrected chi connectivity index (χ0v) is 21.7. The first kappa shape index (κ1) is 26.1. The van der Waals surface area contributed by atoms with Gasteiger partial charge in [0.1, 0.15) is 0 Å². The van der Waals surface area contributed by atoms with Crippen LogP contribution in [0, 0.1) is 13.8 Å². The molecule has 1 aromatic heterocycles. The summed E-state index contributed by atoms with van der Waals surface area (Å²) < 4.78 is 66.6. The fourth-order valence-electron chi connectivity index (χ4n) is 4.95. The monoisotopic (exact) mass is 545 g/mol. The van der Waals surface area contributed by atoms with E-state index in [0.29, 0.717) is 29.4 Å². The molecule has 0 aliphatic carbocycles. The van der Waals surface area contributed by atoms with Crippen LogP contribution in [0.4, 0.5) is 24.7 Å². The van der Waals surface area contributed by atoms with Crippen LogP contribution in [-0.4, -0.2) is 67.7 Å². The molecule has 1 amide bonds. The van der Waals surface area contributed by atoms with E-state index in [4.69, 9.17) is 0 Å². The maximum absolute atomic E-state index is 13.3. The third-order valence-corrected chi connectivity index (χ3v) is 8.84. The number of hydrogen-bond donors (Lipinski definition) is 0. The van der Waals surface area contributed by atoms with Crippen molar-refractivity contribution in [2.45, 2.75) is 31.3 Å². The fraction of sp³-hybridized carbons (Fsp3) is 0.346. The number of carbonyl (C=O) groups is 1. The number of anilines is 2. The molecule has 8 nitrogen and oxygen atoms in total. The van der Waals surface area contributed by atoms with E-state index in [2.05, 4.69) is 16.3 Å². The summed E-state index contributed by atoms with van der Waals surface area (Å²) in [6, 6.07) is 13.8. The third-order valence-electron chi connectivity index (χ3n) is 6.94. The minimum absolute atomic E-state index is 0.00335. The number of amides is 1. The average Bonchev–Trinajstić information content (AvgIpc) is 3.31. The molecule has 0 saturated carbocycles. The Morgan fingerprint density at radius 2 is 1.63 bits per heavy atom. The molecule has 5 rings (SSSR count). The van der Waals surface area contributed by atoms with Crippen LogP contribution >= 0.6 is 0 Å². The van der Waals surface area contributed by atoms with Gasteiger partial charge in [-0.25, -0.2) is 8.42 Å². The van der Waals surface area contributed by atoms with E-state index in [0.717, 1.165) is 16.8 Å². The number of alkyl halides is 3. The highest BCUT2D eigenvalue weighted by Gasteiger charge is 2.45. The summed E-state index contributed by atoms with van der Waals surface area (Å²) in [6.45, 7) is 5.18. The number of hydrogen-bond acceptors (Lipinski definition) is 6. The molecule has 3 heterocycles. The number of fused-ring (bicyclic) bond motifs is 1. The summed E-state index contributed by atoms with van der Waals surface area (Å²) in [4.78, 5) is 14.3. The molecule has 1 fully saturated rings. The summed E-state index contributed by atoms with van der Waals surface area (Å²) in [6.07, 6.45) is -4.83. The highest BCUT2D eigenvalue weighted by molar-refractivity contribution is 7.89. The number of sulfonamides is 1. The van der Waals surface area contributed by atoms with E-state index >= 15 is 0 Å². The van der Waals surface area contributed by atoms with Crippen molar-refractivity contribution in [3.8, 4) is 11.3 Å². The van der Waals surface area contributed by atoms with E-state index in [1.165, 1.54) is 28.1 Å². The molecule has 12 heteroatoms. The highest BCUT2D eigenvalue weighted by atomic mass is 32.2. The first-order valence-corrected chi connectivity index (χ1v) is 13.6. The summed E-state index contributed by atoms with van der Waals surface area (Å²) in [5.74, 6) is -1.30. The van der Waals surface area contributed by atoms with Crippen LogP contribution in [-0.2, 0) is 21.2 Å². The zero-order chi connectivity index (χ0) is 27.2. The van der Waals surface area contributed by atoms with Gasteiger partial charge in [0, 0.05) is 44.0 Å². The first-order valence-electron chi connectivity index (χ1n) is 12.1. The highest BCUT2D eigenvalue weighted by Crippen LogP contribution is 2.34. The van der Waals surface area contributed by atoms with Gasteiger partial charge in [-0.05, 0) is 61.7 Å². The van der Waals surface area contributed by atoms with Crippen LogP contribution < -0.4 is 9.80 Å². The van der Waals surface area contributed by atoms with Crippen LogP contribution in [0.15, 0.2) is 53.4 Å². The van der Waals surface area contributed by atoms with Gasteiger partial charge in [-0.1, -0.05) is 23.8 Å². The number of aryl methyl sites for hydroxylation is 2. The lowest BCUT2D eigenvalue weighted by atomic mass is 10.0. The Morgan fingerprint density at radius 3 is 2.26 bits per heavy atom. The lowest BCUT2D eigenvalue weighted by Crippen LogP contribution is -2.49. The number of nitrogens with zero attached hydrogens (tertiary/aromatic N) is 5. The van der Waals surface area contributed by atoms with Crippen molar-refractivity contribution < 1.29 is 26.4 Å². The van der Waals surface area contributed by atoms with Gasteiger partial charge in [-0.3, -0.25) is 4.79 Å². The maximum atomic E-state index is 13.3. The fourth-order valence-corrected chi connectivity index (χ4v) is 6.42. The second kappa shape index (κ2) is 9.66. The SMILES string of the molecule is Cc1ccc(-c2ccc(N3CCN(S(=O)(=O)c4ccc5c(c4)CCN5C(=O)C(F)(F)F)CC3)nn2)c(C)c1. The number of piperazine rings is 1. The van der Waals surface area contributed by atoms with Gasteiger partial charge < -0.3 is 9.80 Å². The molecule has 0 atom stereocenters. The van der Waals surface area contributed by atoms with Gasteiger partial charge in [-0.2, -0.15) is 17.5 Å². The standard InChI is InChI=1S/C26H26F3N5O3S/c1-17-3-5-21(18(2)15-17)22-6-8-24(31-30-22)32-11-13-33(14-12-32)38(36,37)20-4-7-23-19(16-20)9-10-34(23)25(35)26(27,28)29/h3-8,15-16H,9-14H2,1-2H3. The molecule has 2 aliphatic rings. The Kier molecular flexibility index (Phi) is 6.64. The minimum Gasteiger partial charge on any atom is -0.352 e. The molecule has 2 aromatic carbocycles. The van der Waals surface area contributed by atoms with Crippen LogP contribution in [0.5, 0.6) is 0 Å². The van der Waals surface area contributed by atoms with Crippen molar-refractivity contribution >= 4 is 27.4 Å². The number of halogens is 3. The van der Waals surface area contributed by atoms with Crippen molar-refractivity contribution in [1.29, 1.82) is 0 Å². The zero-order valence-electron chi connectivity index (χ0n) is 20.9. The van der Waals surface area contributed by atoms with E-state index in [9.17, 15) is 26.4 Å². The summed E-state index contributed by atoms with van der Waals surface area (Å²) in [5, 5.41) is 8.74. The maximum Gasteiger partial charge on any atom is 0.471 e. The Bertz CT molecular complexity index is 1480. The molecule has 38 heavy (non-hydrogen) atoms. The lowest BCUT2D eigenvalue weighted by Gasteiger charge is -2.34. The Morgan fingerprint density at radius 1 is 0.895 bits per heavy atom. The van der Waals surface area contributed by atoms with Crippen molar-refractivity contribution in [3.05, 3.63) is 65.2 Å². The van der Waals surface area contributed by atoms with E-state index < -0.39 is 22.1 Å². The lowest BCUT2D eigenvalue weighted by molar-refractivity contribution is -0.170. The third kappa shape index (κ3) is 4.85. The van der Waals surface area contributed by atoms with Gasteiger partial charge >= 0.3 is 12.1 Å². The van der Waals surface area contributed by atoms with Crippen molar-refractivity contribution in [2.24, 2.45) is 0 Å². The van der Waals surface area contributed by atoms with E-state index in [1.54, 1.807) is 0 Å². The molecule has 1 saturated heterocycles. The Labute approximate surface area is 218 Å². The molecule has 0 bridgehead atoms. The van der Waals surface area contributed by atoms with Crippen LogP contribution in [0.1, 0.15) is 16.7 Å². The summed E-state index contributed by atoms with van der Waals surface area (Å²) >= 11 is 0. The van der Waals surface area contributed by atoms with Crippen molar-refractivity contribution in [3.63, 3.8) is 0 Å². The molecule has 0 unspecified atom stereocenters. The van der Waals surface area contributed by atoms with Gasteiger partial charge in [0.25, 0.3) is 0 Å². The summed E-state index contributed by atoms with van der Waals surface area (Å²) in [5.41, 5.74) is 4.55. The van der Waals surface area contributed by atoms with Gasteiger partial charge in [0.15, 0.2) is 5.82 Å². The molecule has 200 valence electrons. The van der Waals surface area contributed by atoms with Gasteiger partial charge in [0.2, 0.25) is 10.0 Å². The largest absolute Gasteiger partial charge is 0.471 e. The number of benzene rings is 2. The predicted molar refractivity (Wildman–Crippen MR) is 136 cm³/mol. The van der Waals surface area contributed by atoms with Crippen molar-refractivity contribution in [2.75, 3.05) is 42.5 Å². The number of aromatic nitrogens is 2. The second-order valence-electron chi connectivity index (χ2n) is 9.48. The van der Waals surface area contributed by atoms with Crippen LogP contribution in [0.3, 0.4) is 0 Å². The topological polar surface area (TPSA) is 86.7 Å². The van der Waals surface area contributed by atoms with E-state index in [1.807, 2.05) is 43.0 Å². The van der Waals surface area contributed by atoms with Crippen molar-refractivity contribution in [1.82, 2.24) is 14.5 Å². The molecule has 0 N–H and O–H groups in total. The minimum atomic E-state index is -4.99. The first-order chi connectivity index (χ1) is 17.9. The Hall–Kier alpha value is -3.51. The molecule has 0 spiro atoms. The van der Waals surface area contributed by atoms with Gasteiger partial charge in [-0.15, -0.1) is 10.2 Å². The molecule has 2 aliphatic heterocycles. The molecular formula is C26H26F3N5O3S. The quantitative estimate of drug-likeness (QED) is 0.497. The normalized spacial score (nSPS) is 16.6. The van der Waals surface area contributed by atoms with Gasteiger partial charge in [0.05, 0.1) is 10.6 Å². The molecular weight excluding hydrogens is 519 g/mol. The Balaban J connectivity index is 1.26. The molecule has 3 aromatic rings. The summed E-state index contributed by atoms with van der Waals surface area (Å²) in [7, 11) is -3.86. The average molecular weight is 546 g/mol. The smallest absolute Gasteiger partial charge is 0.352 e. The number of rotatable bonds is 4.